The summed E-state index contributed by atoms with van der Waals surface area (Å²) in [7, 11) is 3.72. The first kappa shape index (κ1) is 12.0. The first-order chi connectivity index (χ1) is 7.61. The molecule has 0 saturated carbocycles. The van der Waals surface area contributed by atoms with E-state index in [9.17, 15) is 4.79 Å². The lowest BCUT2D eigenvalue weighted by Gasteiger charge is -2.30. The van der Waals surface area contributed by atoms with Crippen molar-refractivity contribution in [3.63, 3.8) is 0 Å². The Morgan fingerprint density at radius 1 is 1.62 bits per heavy atom. The molecule has 16 heavy (non-hydrogen) atoms. The van der Waals surface area contributed by atoms with Crippen molar-refractivity contribution in [2.45, 2.75) is 6.04 Å². The van der Waals surface area contributed by atoms with Gasteiger partial charge in [-0.05, 0) is 7.05 Å². The van der Waals surface area contributed by atoms with Crippen LogP contribution in [-0.4, -0.2) is 51.6 Å². The van der Waals surface area contributed by atoms with Gasteiger partial charge >= 0.3 is 0 Å². The summed E-state index contributed by atoms with van der Waals surface area (Å²) < 4.78 is 1.55. The quantitative estimate of drug-likeness (QED) is 0.751. The monoisotopic (exact) mass is 259 g/mol. The summed E-state index contributed by atoms with van der Waals surface area (Å²) in [4.78, 5) is 14.4. The van der Waals surface area contributed by atoms with Gasteiger partial charge < -0.3 is 0 Å². The Balaban J connectivity index is 2.24. The van der Waals surface area contributed by atoms with Crippen LogP contribution < -0.4 is 0 Å². The van der Waals surface area contributed by atoms with Gasteiger partial charge in [-0.3, -0.25) is 14.4 Å². The molecule has 0 radical (unpaired) electrons. The zero-order valence-corrected chi connectivity index (χ0v) is 10.9. The molecule has 0 amide bonds. The zero-order valence-electron chi connectivity index (χ0n) is 9.31. The lowest BCUT2D eigenvalue weighted by Crippen LogP contribution is -2.45. The molecule has 2 heterocycles. The topological polar surface area (TPSA) is 38.1 Å². The summed E-state index contributed by atoms with van der Waals surface area (Å²) in [5.41, 5.74) is 0.515. The smallest absolute Gasteiger partial charge is 0.200 e. The van der Waals surface area contributed by atoms with E-state index in [0.717, 1.165) is 18.1 Å². The average molecular weight is 260 g/mol. The summed E-state index contributed by atoms with van der Waals surface area (Å²) in [6.07, 6.45) is 1.52. The van der Waals surface area contributed by atoms with Crippen molar-refractivity contribution in [3.05, 3.63) is 16.9 Å². The highest BCUT2D eigenvalue weighted by molar-refractivity contribution is 7.99. The van der Waals surface area contributed by atoms with Crippen LogP contribution in [0.4, 0.5) is 0 Å². The molecule has 1 aromatic rings. The van der Waals surface area contributed by atoms with Crippen molar-refractivity contribution < 1.29 is 4.79 Å². The molecule has 1 unspecified atom stereocenters. The van der Waals surface area contributed by atoms with Crippen LogP contribution in [0.15, 0.2) is 6.20 Å². The van der Waals surface area contributed by atoms with Gasteiger partial charge in [-0.25, -0.2) is 0 Å². The van der Waals surface area contributed by atoms with E-state index < -0.39 is 0 Å². The molecule has 0 N–H and O–H groups in total. The first-order valence-electron chi connectivity index (χ1n) is 5.11. The molecular formula is C10H14ClN3OS. The van der Waals surface area contributed by atoms with Crippen molar-refractivity contribution >= 4 is 29.1 Å². The number of aryl methyl sites for hydroxylation is 1. The largest absolute Gasteiger partial charge is 0.295 e. The number of rotatable bonds is 2. The van der Waals surface area contributed by atoms with E-state index in [0.29, 0.717) is 10.7 Å². The average Bonchev–Trinajstić information content (AvgIpc) is 2.58. The minimum atomic E-state index is -0.0772. The second-order valence-electron chi connectivity index (χ2n) is 3.90. The Labute approximate surface area is 104 Å². The predicted molar refractivity (Wildman–Crippen MR) is 66.3 cm³/mol. The Bertz CT molecular complexity index is 387. The highest BCUT2D eigenvalue weighted by atomic mass is 35.5. The van der Waals surface area contributed by atoms with Crippen LogP contribution in [0, 0.1) is 0 Å². The fraction of sp³-hybridized carbons (Fsp3) is 0.600. The SMILES string of the molecule is CN1CCSCC1C(=O)c1c(Cl)cnn1C. The summed E-state index contributed by atoms with van der Waals surface area (Å²) in [6.45, 7) is 0.941. The minimum Gasteiger partial charge on any atom is -0.295 e. The number of hydrogen-bond acceptors (Lipinski definition) is 4. The van der Waals surface area contributed by atoms with Gasteiger partial charge in [0.25, 0.3) is 0 Å². The van der Waals surface area contributed by atoms with Crippen LogP contribution >= 0.6 is 23.4 Å². The molecule has 1 saturated heterocycles. The Hall–Kier alpha value is -0.520. The van der Waals surface area contributed by atoms with Crippen LogP contribution in [0.5, 0.6) is 0 Å². The number of hydrogen-bond donors (Lipinski definition) is 0. The van der Waals surface area contributed by atoms with Gasteiger partial charge in [-0.1, -0.05) is 11.6 Å². The molecule has 4 nitrogen and oxygen atoms in total. The van der Waals surface area contributed by atoms with Crippen molar-refractivity contribution in [2.75, 3.05) is 25.1 Å². The number of carbonyl (C=O) groups excluding carboxylic acids is 1. The Morgan fingerprint density at radius 2 is 2.38 bits per heavy atom. The van der Waals surface area contributed by atoms with Crippen LogP contribution in [0.25, 0.3) is 0 Å². The first-order valence-corrected chi connectivity index (χ1v) is 6.64. The molecule has 88 valence electrons. The van der Waals surface area contributed by atoms with Crippen molar-refractivity contribution in [2.24, 2.45) is 7.05 Å². The van der Waals surface area contributed by atoms with E-state index in [1.165, 1.54) is 6.20 Å². The highest BCUT2D eigenvalue weighted by Crippen LogP contribution is 2.22. The summed E-state index contributed by atoms with van der Waals surface area (Å²) >= 11 is 7.79. The maximum Gasteiger partial charge on any atom is 0.200 e. The molecule has 1 aliphatic rings. The van der Waals surface area contributed by atoms with Crippen LogP contribution in [-0.2, 0) is 7.05 Å². The van der Waals surface area contributed by atoms with Crippen molar-refractivity contribution in [1.82, 2.24) is 14.7 Å². The number of carbonyl (C=O) groups is 1. The normalized spacial score (nSPS) is 22.3. The van der Waals surface area contributed by atoms with Crippen LogP contribution in [0.3, 0.4) is 0 Å². The lowest BCUT2D eigenvalue weighted by molar-refractivity contribution is 0.0865. The van der Waals surface area contributed by atoms with E-state index in [4.69, 9.17) is 11.6 Å². The molecule has 1 aliphatic heterocycles. The van der Waals surface area contributed by atoms with E-state index >= 15 is 0 Å². The van der Waals surface area contributed by atoms with Gasteiger partial charge in [0.15, 0.2) is 5.78 Å². The molecule has 0 bridgehead atoms. The Kier molecular flexibility index (Phi) is 3.56. The highest BCUT2D eigenvalue weighted by Gasteiger charge is 2.30. The van der Waals surface area contributed by atoms with Crippen molar-refractivity contribution in [1.29, 1.82) is 0 Å². The molecule has 0 spiro atoms. The Morgan fingerprint density at radius 3 is 2.94 bits per heavy atom. The fourth-order valence-corrected chi connectivity index (χ4v) is 3.28. The summed E-state index contributed by atoms with van der Waals surface area (Å²) in [6, 6.07) is -0.0772. The maximum absolute atomic E-state index is 12.3. The predicted octanol–water partition coefficient (Wildman–Crippen LogP) is 1.30. The fourth-order valence-electron chi connectivity index (χ4n) is 1.81. The van der Waals surface area contributed by atoms with Gasteiger partial charge in [0.1, 0.15) is 5.69 Å². The molecule has 0 aliphatic carbocycles. The van der Waals surface area contributed by atoms with Gasteiger partial charge in [-0.2, -0.15) is 16.9 Å². The molecule has 1 fully saturated rings. The number of likely N-dealkylation sites (N-methyl/N-ethyl adjacent to an activating group) is 1. The van der Waals surface area contributed by atoms with Crippen LogP contribution in [0.2, 0.25) is 5.02 Å². The standard InChI is InChI=1S/C10H14ClN3OS/c1-13-3-4-16-6-8(13)10(15)9-7(11)5-12-14(9)2/h5,8H,3-4,6H2,1-2H3. The van der Waals surface area contributed by atoms with E-state index in [1.807, 2.05) is 18.8 Å². The van der Waals surface area contributed by atoms with Gasteiger partial charge in [0.2, 0.25) is 0 Å². The van der Waals surface area contributed by atoms with Gasteiger partial charge in [-0.15, -0.1) is 0 Å². The van der Waals surface area contributed by atoms with E-state index in [1.54, 1.807) is 11.7 Å². The van der Waals surface area contributed by atoms with Gasteiger partial charge in [0, 0.05) is 25.1 Å². The third-order valence-corrected chi connectivity index (χ3v) is 4.13. The molecule has 6 heteroatoms. The molecule has 0 aromatic carbocycles. The number of thioether (sulfide) groups is 1. The third kappa shape index (κ3) is 2.12. The number of Topliss-reactive ketones (excluding diaryl/α,β-unsaturated/α-hetero) is 1. The molecule has 1 aromatic heterocycles. The van der Waals surface area contributed by atoms with Crippen LogP contribution in [0.1, 0.15) is 10.5 Å². The molecule has 1 atom stereocenters. The second kappa shape index (κ2) is 4.77. The number of ketones is 1. The third-order valence-electron chi connectivity index (χ3n) is 2.83. The summed E-state index contributed by atoms with van der Waals surface area (Å²) in [5, 5.41) is 4.44. The van der Waals surface area contributed by atoms with Gasteiger partial charge in [0.05, 0.1) is 17.3 Å². The molecule has 2 rings (SSSR count). The minimum absolute atomic E-state index is 0.0692. The molecular weight excluding hydrogens is 246 g/mol. The second-order valence-corrected chi connectivity index (χ2v) is 5.46. The van der Waals surface area contributed by atoms with E-state index in [-0.39, 0.29) is 11.8 Å². The zero-order chi connectivity index (χ0) is 11.7. The number of aromatic nitrogens is 2. The van der Waals surface area contributed by atoms with E-state index in [2.05, 4.69) is 10.00 Å². The summed E-state index contributed by atoms with van der Waals surface area (Å²) in [5.74, 6) is 1.98. The van der Waals surface area contributed by atoms with Crippen molar-refractivity contribution in [3.8, 4) is 0 Å². The maximum atomic E-state index is 12.3. The number of halogens is 1. The lowest BCUT2D eigenvalue weighted by atomic mass is 10.1. The number of nitrogens with zero attached hydrogens (tertiary/aromatic N) is 3.